The van der Waals surface area contributed by atoms with E-state index in [2.05, 4.69) is 35.0 Å². The fourth-order valence-electron chi connectivity index (χ4n) is 1.93. The van der Waals surface area contributed by atoms with Crippen LogP contribution in [0.3, 0.4) is 0 Å². The topological polar surface area (TPSA) is 26.0 Å². The van der Waals surface area contributed by atoms with Crippen LogP contribution in [-0.4, -0.2) is 0 Å². The van der Waals surface area contributed by atoms with E-state index in [0.717, 1.165) is 26.2 Å². The monoisotopic (exact) mass is 323 g/mol. The third-order valence-corrected chi connectivity index (χ3v) is 4.03. The third-order valence-electron chi connectivity index (χ3n) is 3.13. The molecule has 0 saturated heterocycles. The largest absolute Gasteiger partial charge is 0.320 e. The Morgan fingerprint density at radius 1 is 1.06 bits per heavy atom. The van der Waals surface area contributed by atoms with Crippen LogP contribution in [0.5, 0.6) is 0 Å². The third kappa shape index (κ3) is 2.77. The number of rotatable bonds is 2. The van der Waals surface area contributed by atoms with Crippen molar-refractivity contribution in [3.05, 3.63) is 68.1 Å². The molecule has 0 spiro atoms. The second-order valence-corrected chi connectivity index (χ2v) is 5.81. The van der Waals surface area contributed by atoms with Gasteiger partial charge in [-0.25, -0.2) is 0 Å². The lowest BCUT2D eigenvalue weighted by molar-refractivity contribution is 0.860. The van der Waals surface area contributed by atoms with Gasteiger partial charge in [-0.05, 0) is 54.3 Å². The lowest BCUT2D eigenvalue weighted by Crippen LogP contribution is -2.13. The number of hydrogen-bond acceptors (Lipinski definition) is 1. The zero-order valence-electron chi connectivity index (χ0n) is 10.4. The summed E-state index contributed by atoms with van der Waals surface area (Å²) in [6.45, 7) is 4.05. The standard InChI is InChI=1S/C15H15BrClN/c1-9-4-6-12(16)8-13(9)15(18)11-5-3-10(2)14(17)7-11/h3-8,15H,18H2,1-2H3. The summed E-state index contributed by atoms with van der Waals surface area (Å²) in [5.41, 5.74) is 10.7. The van der Waals surface area contributed by atoms with E-state index in [-0.39, 0.29) is 6.04 Å². The first kappa shape index (κ1) is 13.6. The molecule has 0 aromatic heterocycles. The highest BCUT2D eigenvalue weighted by Crippen LogP contribution is 2.28. The summed E-state index contributed by atoms with van der Waals surface area (Å²) in [5, 5.41) is 0.760. The Hall–Kier alpha value is -0.830. The van der Waals surface area contributed by atoms with E-state index >= 15 is 0 Å². The predicted molar refractivity (Wildman–Crippen MR) is 81.1 cm³/mol. The van der Waals surface area contributed by atoms with Crippen molar-refractivity contribution < 1.29 is 0 Å². The average molecular weight is 325 g/mol. The lowest BCUT2D eigenvalue weighted by atomic mass is 9.95. The molecule has 3 heteroatoms. The normalized spacial score (nSPS) is 12.5. The summed E-state index contributed by atoms with van der Waals surface area (Å²) in [6, 6.07) is 12.0. The van der Waals surface area contributed by atoms with E-state index in [0.29, 0.717) is 0 Å². The molecule has 2 aromatic carbocycles. The Morgan fingerprint density at radius 2 is 1.72 bits per heavy atom. The fraction of sp³-hybridized carbons (Fsp3) is 0.200. The smallest absolute Gasteiger partial charge is 0.0555 e. The molecule has 0 heterocycles. The van der Waals surface area contributed by atoms with Gasteiger partial charge in [0, 0.05) is 9.50 Å². The molecule has 1 nitrogen and oxygen atoms in total. The van der Waals surface area contributed by atoms with Gasteiger partial charge >= 0.3 is 0 Å². The van der Waals surface area contributed by atoms with Gasteiger partial charge in [0.2, 0.25) is 0 Å². The number of benzene rings is 2. The minimum atomic E-state index is -0.152. The first-order valence-corrected chi connectivity index (χ1v) is 6.94. The quantitative estimate of drug-likeness (QED) is 0.846. The van der Waals surface area contributed by atoms with Gasteiger partial charge in [0.25, 0.3) is 0 Å². The average Bonchev–Trinajstić information content (AvgIpc) is 2.35. The van der Waals surface area contributed by atoms with Crippen LogP contribution < -0.4 is 5.73 Å². The Kier molecular flexibility index (Phi) is 4.10. The maximum atomic E-state index is 6.33. The minimum absolute atomic E-state index is 0.152. The molecule has 94 valence electrons. The summed E-state index contributed by atoms with van der Waals surface area (Å²) in [6.07, 6.45) is 0. The van der Waals surface area contributed by atoms with Crippen LogP contribution >= 0.6 is 27.5 Å². The molecule has 0 radical (unpaired) electrons. The summed E-state index contributed by atoms with van der Waals surface area (Å²) in [4.78, 5) is 0. The van der Waals surface area contributed by atoms with Crippen molar-refractivity contribution >= 4 is 27.5 Å². The van der Waals surface area contributed by atoms with Crippen molar-refractivity contribution in [3.63, 3.8) is 0 Å². The number of nitrogens with two attached hydrogens (primary N) is 1. The van der Waals surface area contributed by atoms with Crippen LogP contribution in [0.4, 0.5) is 0 Å². The molecule has 2 aromatic rings. The molecule has 0 saturated carbocycles. The first-order chi connectivity index (χ1) is 8.49. The Bertz CT molecular complexity index is 581. The Balaban J connectivity index is 2.44. The van der Waals surface area contributed by atoms with Crippen molar-refractivity contribution in [3.8, 4) is 0 Å². The predicted octanol–water partition coefficient (Wildman–Crippen LogP) is 4.77. The Morgan fingerprint density at radius 3 is 2.39 bits per heavy atom. The van der Waals surface area contributed by atoms with Crippen LogP contribution in [0.25, 0.3) is 0 Å². The molecular weight excluding hydrogens is 310 g/mol. The molecule has 0 aliphatic heterocycles. The molecule has 0 aliphatic carbocycles. The highest BCUT2D eigenvalue weighted by Gasteiger charge is 2.12. The summed E-state index contributed by atoms with van der Waals surface area (Å²) >= 11 is 9.63. The first-order valence-electron chi connectivity index (χ1n) is 5.76. The van der Waals surface area contributed by atoms with Gasteiger partial charge < -0.3 is 5.73 Å². The van der Waals surface area contributed by atoms with Gasteiger partial charge in [-0.3, -0.25) is 0 Å². The highest BCUT2D eigenvalue weighted by atomic mass is 79.9. The minimum Gasteiger partial charge on any atom is -0.320 e. The molecular formula is C15H15BrClN. The van der Waals surface area contributed by atoms with Gasteiger partial charge in [-0.1, -0.05) is 45.7 Å². The molecule has 0 fully saturated rings. The van der Waals surface area contributed by atoms with Gasteiger partial charge in [0.05, 0.1) is 6.04 Å². The highest BCUT2D eigenvalue weighted by molar-refractivity contribution is 9.10. The zero-order chi connectivity index (χ0) is 13.3. The van der Waals surface area contributed by atoms with Gasteiger partial charge in [0.15, 0.2) is 0 Å². The van der Waals surface area contributed by atoms with Gasteiger partial charge in [0.1, 0.15) is 0 Å². The van der Waals surface area contributed by atoms with E-state index in [1.807, 2.05) is 31.2 Å². The number of halogens is 2. The van der Waals surface area contributed by atoms with Crippen molar-refractivity contribution in [2.24, 2.45) is 5.73 Å². The second-order valence-electron chi connectivity index (χ2n) is 4.49. The molecule has 0 bridgehead atoms. The summed E-state index contributed by atoms with van der Waals surface area (Å²) in [7, 11) is 0. The summed E-state index contributed by atoms with van der Waals surface area (Å²) < 4.78 is 1.04. The fourth-order valence-corrected chi connectivity index (χ4v) is 2.50. The molecule has 2 rings (SSSR count). The van der Waals surface area contributed by atoms with E-state index in [1.165, 1.54) is 5.56 Å². The maximum Gasteiger partial charge on any atom is 0.0555 e. The molecule has 0 amide bonds. The van der Waals surface area contributed by atoms with Crippen molar-refractivity contribution in [2.45, 2.75) is 19.9 Å². The maximum absolute atomic E-state index is 6.33. The van der Waals surface area contributed by atoms with Crippen molar-refractivity contribution in [1.29, 1.82) is 0 Å². The van der Waals surface area contributed by atoms with Gasteiger partial charge in [-0.15, -0.1) is 0 Å². The zero-order valence-corrected chi connectivity index (χ0v) is 12.7. The van der Waals surface area contributed by atoms with Crippen LogP contribution in [-0.2, 0) is 0 Å². The molecule has 2 N–H and O–H groups in total. The second kappa shape index (κ2) is 5.43. The number of aryl methyl sites for hydroxylation is 2. The van der Waals surface area contributed by atoms with Gasteiger partial charge in [-0.2, -0.15) is 0 Å². The van der Waals surface area contributed by atoms with Crippen LogP contribution in [0.1, 0.15) is 28.3 Å². The molecule has 0 aliphatic rings. The lowest BCUT2D eigenvalue weighted by Gasteiger charge is -2.16. The molecule has 18 heavy (non-hydrogen) atoms. The molecule has 1 unspecified atom stereocenters. The van der Waals surface area contributed by atoms with E-state index in [1.54, 1.807) is 0 Å². The van der Waals surface area contributed by atoms with Crippen LogP contribution in [0, 0.1) is 13.8 Å². The van der Waals surface area contributed by atoms with Crippen LogP contribution in [0.2, 0.25) is 5.02 Å². The number of hydrogen-bond donors (Lipinski definition) is 1. The van der Waals surface area contributed by atoms with Crippen molar-refractivity contribution in [1.82, 2.24) is 0 Å². The SMILES string of the molecule is Cc1ccc(C(N)c2cc(Br)ccc2C)cc1Cl. The Labute approximate surface area is 121 Å². The summed E-state index contributed by atoms with van der Waals surface area (Å²) in [5.74, 6) is 0. The van der Waals surface area contributed by atoms with Crippen molar-refractivity contribution in [2.75, 3.05) is 0 Å². The van der Waals surface area contributed by atoms with E-state index < -0.39 is 0 Å². The van der Waals surface area contributed by atoms with E-state index in [9.17, 15) is 0 Å². The van der Waals surface area contributed by atoms with E-state index in [4.69, 9.17) is 17.3 Å². The van der Waals surface area contributed by atoms with Crippen LogP contribution in [0.15, 0.2) is 40.9 Å². The molecule has 1 atom stereocenters.